The first kappa shape index (κ1) is 20.7. The fourth-order valence-corrected chi connectivity index (χ4v) is 2.53. The van der Waals surface area contributed by atoms with Gasteiger partial charge in [0.2, 0.25) is 0 Å². The van der Waals surface area contributed by atoms with E-state index in [0.29, 0.717) is 5.92 Å². The van der Waals surface area contributed by atoms with Gasteiger partial charge in [0.25, 0.3) is 5.91 Å². The molecule has 7 heteroatoms. The van der Waals surface area contributed by atoms with Crippen LogP contribution in [0.3, 0.4) is 0 Å². The molecule has 1 aromatic heterocycles. The molecule has 0 saturated carbocycles. The predicted octanol–water partition coefficient (Wildman–Crippen LogP) is 2.67. The molecule has 25 heavy (non-hydrogen) atoms. The average Bonchev–Trinajstić information content (AvgIpc) is 2.59. The number of carbonyl (C=O) groups is 2. The van der Waals surface area contributed by atoms with Gasteiger partial charge in [0, 0.05) is 12.3 Å². The van der Waals surface area contributed by atoms with Gasteiger partial charge in [-0.3, -0.25) is 4.79 Å². The molecule has 0 bridgehead atoms. The van der Waals surface area contributed by atoms with E-state index in [4.69, 9.17) is 9.47 Å². The van der Waals surface area contributed by atoms with Crippen molar-refractivity contribution in [2.45, 2.75) is 59.1 Å². The zero-order chi connectivity index (χ0) is 19.0. The predicted molar refractivity (Wildman–Crippen MR) is 93.6 cm³/mol. The Morgan fingerprint density at radius 2 is 1.92 bits per heavy atom. The molecule has 7 nitrogen and oxygen atoms in total. The number of rotatable bonds is 9. The first-order valence-electron chi connectivity index (χ1n) is 8.57. The van der Waals surface area contributed by atoms with Crippen molar-refractivity contribution in [3.05, 3.63) is 18.0 Å². The van der Waals surface area contributed by atoms with Crippen molar-refractivity contribution in [1.82, 2.24) is 10.3 Å². The van der Waals surface area contributed by atoms with E-state index < -0.39 is 17.9 Å². The van der Waals surface area contributed by atoms with Crippen molar-refractivity contribution >= 4 is 11.9 Å². The van der Waals surface area contributed by atoms with Gasteiger partial charge in [-0.1, -0.05) is 26.7 Å². The third-order valence-electron chi connectivity index (χ3n) is 4.16. The minimum atomic E-state index is -0.857. The molecule has 0 aliphatic heterocycles. The third kappa shape index (κ3) is 5.92. The zero-order valence-electron chi connectivity index (χ0n) is 15.5. The second kappa shape index (κ2) is 9.86. The number of nitrogens with zero attached hydrogens (tertiary/aromatic N) is 1. The van der Waals surface area contributed by atoms with Crippen LogP contribution < -0.4 is 10.1 Å². The number of pyridine rings is 1. The Hall–Kier alpha value is -2.31. The Morgan fingerprint density at radius 3 is 2.48 bits per heavy atom. The molecule has 1 rings (SSSR count). The summed E-state index contributed by atoms with van der Waals surface area (Å²) < 4.78 is 10.3. The van der Waals surface area contributed by atoms with Crippen molar-refractivity contribution in [2.75, 3.05) is 7.11 Å². The van der Waals surface area contributed by atoms with Gasteiger partial charge in [-0.25, -0.2) is 9.78 Å². The molecule has 0 aliphatic rings. The lowest BCUT2D eigenvalue weighted by atomic mass is 9.97. The van der Waals surface area contributed by atoms with Crippen molar-refractivity contribution in [1.29, 1.82) is 0 Å². The first-order valence-corrected chi connectivity index (χ1v) is 8.57. The summed E-state index contributed by atoms with van der Waals surface area (Å²) in [6, 6.07) is 0.577. The van der Waals surface area contributed by atoms with E-state index in [1.807, 2.05) is 6.92 Å². The Morgan fingerprint density at radius 1 is 1.28 bits per heavy atom. The molecule has 0 spiro atoms. The summed E-state index contributed by atoms with van der Waals surface area (Å²) in [5.41, 5.74) is -0.205. The van der Waals surface area contributed by atoms with Gasteiger partial charge in [-0.15, -0.1) is 0 Å². The number of amides is 1. The molecule has 0 radical (unpaired) electrons. The molecule has 1 heterocycles. The summed E-state index contributed by atoms with van der Waals surface area (Å²) in [7, 11) is 1.37. The van der Waals surface area contributed by atoms with Gasteiger partial charge in [-0.05, 0) is 26.2 Å². The van der Waals surface area contributed by atoms with E-state index >= 15 is 0 Å². The van der Waals surface area contributed by atoms with Crippen LogP contribution >= 0.6 is 0 Å². The van der Waals surface area contributed by atoms with Crippen LogP contribution in [-0.4, -0.2) is 41.2 Å². The lowest BCUT2D eigenvalue weighted by molar-refractivity contribution is -0.150. The van der Waals surface area contributed by atoms with Crippen LogP contribution in [0.25, 0.3) is 0 Å². The maximum Gasteiger partial charge on any atom is 0.328 e. The van der Waals surface area contributed by atoms with Crippen molar-refractivity contribution < 1.29 is 24.2 Å². The van der Waals surface area contributed by atoms with E-state index in [9.17, 15) is 14.7 Å². The van der Waals surface area contributed by atoms with Gasteiger partial charge in [0.05, 0.1) is 13.2 Å². The molecule has 0 fully saturated rings. The second-order valence-electron chi connectivity index (χ2n) is 6.07. The summed E-state index contributed by atoms with van der Waals surface area (Å²) >= 11 is 0. The summed E-state index contributed by atoms with van der Waals surface area (Å²) in [4.78, 5) is 28.2. The Kier molecular flexibility index (Phi) is 8.18. The van der Waals surface area contributed by atoms with Crippen LogP contribution in [0.15, 0.2) is 12.3 Å². The smallest absolute Gasteiger partial charge is 0.328 e. The van der Waals surface area contributed by atoms with Gasteiger partial charge in [0.1, 0.15) is 6.04 Å². The number of nitrogens with one attached hydrogen (secondary N) is 1. The molecule has 1 aromatic rings. The SMILES string of the molecule is CCC(CC)C[C@H](C)OC(=O)[C@H](C)NC(=O)c1nccc(OC)c1O. The van der Waals surface area contributed by atoms with Crippen molar-refractivity contribution in [3.8, 4) is 11.5 Å². The van der Waals surface area contributed by atoms with Crippen LogP contribution in [0, 0.1) is 5.92 Å². The van der Waals surface area contributed by atoms with Crippen molar-refractivity contribution in [2.24, 2.45) is 5.92 Å². The standard InChI is InChI=1S/C18H28N2O5/c1-6-13(7-2)10-11(3)25-18(23)12(4)20-17(22)15-16(21)14(24-5)8-9-19-15/h8-9,11-13,21H,6-7,10H2,1-5H3,(H,20,22)/t11-,12-/m0/s1. The average molecular weight is 352 g/mol. The van der Waals surface area contributed by atoms with E-state index in [2.05, 4.69) is 24.1 Å². The van der Waals surface area contributed by atoms with Crippen LogP contribution in [0.5, 0.6) is 11.5 Å². The van der Waals surface area contributed by atoms with Gasteiger partial charge in [-0.2, -0.15) is 0 Å². The molecule has 140 valence electrons. The van der Waals surface area contributed by atoms with Crippen LogP contribution in [0.4, 0.5) is 0 Å². The summed E-state index contributed by atoms with van der Waals surface area (Å²) in [6.45, 7) is 7.60. The minimum absolute atomic E-state index is 0.133. The third-order valence-corrected chi connectivity index (χ3v) is 4.16. The normalized spacial score (nSPS) is 13.2. The highest BCUT2D eigenvalue weighted by molar-refractivity contribution is 5.97. The highest BCUT2D eigenvalue weighted by Gasteiger charge is 2.24. The number of aromatic nitrogens is 1. The lowest BCUT2D eigenvalue weighted by Crippen LogP contribution is -2.41. The minimum Gasteiger partial charge on any atom is -0.503 e. The molecular formula is C18H28N2O5. The van der Waals surface area contributed by atoms with Gasteiger partial charge >= 0.3 is 5.97 Å². The number of carbonyl (C=O) groups excluding carboxylic acids is 2. The van der Waals surface area contributed by atoms with E-state index in [1.54, 1.807) is 0 Å². The molecular weight excluding hydrogens is 324 g/mol. The second-order valence-corrected chi connectivity index (χ2v) is 6.07. The topological polar surface area (TPSA) is 97.8 Å². The maximum absolute atomic E-state index is 12.2. The summed E-state index contributed by atoms with van der Waals surface area (Å²) in [6.07, 6.45) is 3.98. The molecule has 2 atom stereocenters. The molecule has 0 unspecified atom stereocenters. The van der Waals surface area contributed by atoms with Crippen molar-refractivity contribution in [3.63, 3.8) is 0 Å². The fourth-order valence-electron chi connectivity index (χ4n) is 2.53. The van der Waals surface area contributed by atoms with Crippen LogP contribution in [0.2, 0.25) is 0 Å². The first-order chi connectivity index (χ1) is 11.8. The fraction of sp³-hybridized carbons (Fsp3) is 0.611. The Labute approximate surface area is 148 Å². The summed E-state index contributed by atoms with van der Waals surface area (Å²) in [5.74, 6) is -0.923. The number of hydrogen-bond acceptors (Lipinski definition) is 6. The Bertz CT molecular complexity index is 587. The van der Waals surface area contributed by atoms with E-state index in [1.165, 1.54) is 26.3 Å². The number of ether oxygens (including phenoxy) is 2. The van der Waals surface area contributed by atoms with Gasteiger partial charge < -0.3 is 19.9 Å². The molecule has 1 amide bonds. The number of hydrogen-bond donors (Lipinski definition) is 2. The molecule has 0 aliphatic carbocycles. The molecule has 2 N–H and O–H groups in total. The lowest BCUT2D eigenvalue weighted by Gasteiger charge is -2.21. The maximum atomic E-state index is 12.2. The van der Waals surface area contributed by atoms with Gasteiger partial charge in [0.15, 0.2) is 17.2 Å². The highest BCUT2D eigenvalue weighted by Crippen LogP contribution is 2.27. The van der Waals surface area contributed by atoms with E-state index in [-0.39, 0.29) is 23.3 Å². The molecule has 0 aromatic carbocycles. The number of esters is 1. The number of methoxy groups -OCH3 is 1. The van der Waals surface area contributed by atoms with E-state index in [0.717, 1.165) is 19.3 Å². The quantitative estimate of drug-likeness (QED) is 0.663. The van der Waals surface area contributed by atoms with Crippen LogP contribution in [0.1, 0.15) is 57.4 Å². The van der Waals surface area contributed by atoms with Crippen LogP contribution in [-0.2, 0) is 9.53 Å². The summed E-state index contributed by atoms with van der Waals surface area (Å²) in [5, 5.41) is 12.4. The number of aromatic hydroxyl groups is 1. The monoisotopic (exact) mass is 352 g/mol. The highest BCUT2D eigenvalue weighted by atomic mass is 16.5. The zero-order valence-corrected chi connectivity index (χ0v) is 15.5. The molecule has 0 saturated heterocycles. The largest absolute Gasteiger partial charge is 0.503 e. The Balaban J connectivity index is 2.64.